The zero-order chi connectivity index (χ0) is 19.4. The molecule has 3 rings (SSSR count). The summed E-state index contributed by atoms with van der Waals surface area (Å²) in [6.45, 7) is 6.97. The number of halogens is 1. The summed E-state index contributed by atoms with van der Waals surface area (Å²) < 4.78 is 10.7. The third-order valence-corrected chi connectivity index (χ3v) is 5.00. The second-order valence-corrected chi connectivity index (χ2v) is 6.60. The zero-order valence-electron chi connectivity index (χ0n) is 15.8. The van der Waals surface area contributed by atoms with Crippen molar-refractivity contribution in [3.05, 3.63) is 23.5 Å². The number of rotatable bonds is 6. The maximum absolute atomic E-state index is 6.37. The highest BCUT2D eigenvalue weighted by Crippen LogP contribution is 2.38. The Labute approximate surface area is 164 Å². The Morgan fingerprint density at radius 3 is 2.44 bits per heavy atom. The molecular weight excluding hydrogens is 368 g/mol. The van der Waals surface area contributed by atoms with Gasteiger partial charge < -0.3 is 30.3 Å². The normalized spacial score (nSPS) is 14.9. The van der Waals surface area contributed by atoms with Crippen molar-refractivity contribution in [2.45, 2.75) is 6.92 Å². The molecule has 0 radical (unpaired) electrons. The summed E-state index contributed by atoms with van der Waals surface area (Å²) in [5, 5.41) is 3.67. The molecule has 1 aliphatic heterocycles. The van der Waals surface area contributed by atoms with Crippen LogP contribution in [0.1, 0.15) is 6.92 Å². The van der Waals surface area contributed by atoms with Crippen molar-refractivity contribution < 1.29 is 9.47 Å². The standard InChI is InChI=1S/C18H25ClN6O2/c1-4-24-5-7-25(8-6-24)18-16(20)17(21-11-22-18)23-13-9-12(19)14(26-2)10-15(13)27-3/h9-11H,4-8,20H2,1-3H3,(H,21,22,23). The number of benzene rings is 1. The Morgan fingerprint density at radius 1 is 1.11 bits per heavy atom. The van der Waals surface area contributed by atoms with Crippen LogP contribution in [0.5, 0.6) is 11.5 Å². The van der Waals surface area contributed by atoms with Crippen LogP contribution in [0.3, 0.4) is 0 Å². The highest BCUT2D eigenvalue weighted by Gasteiger charge is 2.21. The first-order chi connectivity index (χ1) is 13.1. The lowest BCUT2D eigenvalue weighted by Crippen LogP contribution is -2.46. The Morgan fingerprint density at radius 2 is 1.81 bits per heavy atom. The Hall–Kier alpha value is -2.45. The molecule has 0 bridgehead atoms. The average Bonchev–Trinajstić information content (AvgIpc) is 2.70. The van der Waals surface area contributed by atoms with Gasteiger partial charge in [0.1, 0.15) is 23.5 Å². The maximum atomic E-state index is 6.37. The van der Waals surface area contributed by atoms with Gasteiger partial charge in [-0.1, -0.05) is 18.5 Å². The first-order valence-electron chi connectivity index (χ1n) is 8.83. The number of nitrogens with two attached hydrogens (primary N) is 1. The Bertz CT molecular complexity index is 796. The topological polar surface area (TPSA) is 88.8 Å². The first kappa shape index (κ1) is 19.3. The minimum Gasteiger partial charge on any atom is -0.495 e. The maximum Gasteiger partial charge on any atom is 0.159 e. The van der Waals surface area contributed by atoms with E-state index in [9.17, 15) is 0 Å². The highest BCUT2D eigenvalue weighted by atomic mass is 35.5. The molecule has 8 nitrogen and oxygen atoms in total. The van der Waals surface area contributed by atoms with E-state index >= 15 is 0 Å². The third-order valence-electron chi connectivity index (χ3n) is 4.71. The second kappa shape index (κ2) is 8.49. The number of hydrogen-bond donors (Lipinski definition) is 2. The van der Waals surface area contributed by atoms with Gasteiger partial charge in [0.05, 0.1) is 24.9 Å². The van der Waals surface area contributed by atoms with Crippen molar-refractivity contribution in [3.8, 4) is 11.5 Å². The highest BCUT2D eigenvalue weighted by molar-refractivity contribution is 6.32. The van der Waals surface area contributed by atoms with E-state index in [0.29, 0.717) is 33.7 Å². The monoisotopic (exact) mass is 392 g/mol. The fourth-order valence-corrected chi connectivity index (χ4v) is 3.34. The number of nitrogens with zero attached hydrogens (tertiary/aromatic N) is 4. The number of piperazine rings is 1. The molecule has 2 heterocycles. The fraction of sp³-hybridized carbons (Fsp3) is 0.444. The summed E-state index contributed by atoms with van der Waals surface area (Å²) in [5.74, 6) is 2.36. The van der Waals surface area contributed by atoms with Crippen LogP contribution in [0.2, 0.25) is 5.02 Å². The summed E-state index contributed by atoms with van der Waals surface area (Å²) in [6.07, 6.45) is 1.51. The summed E-state index contributed by atoms with van der Waals surface area (Å²) in [4.78, 5) is 13.3. The van der Waals surface area contributed by atoms with Crippen molar-refractivity contribution in [2.24, 2.45) is 0 Å². The molecule has 1 aliphatic rings. The Balaban J connectivity index is 1.86. The van der Waals surface area contributed by atoms with Gasteiger partial charge in [0.25, 0.3) is 0 Å². The molecular formula is C18H25ClN6O2. The molecule has 9 heteroatoms. The molecule has 0 atom stereocenters. The zero-order valence-corrected chi connectivity index (χ0v) is 16.6. The van der Waals surface area contributed by atoms with E-state index in [4.69, 9.17) is 26.8 Å². The number of ether oxygens (including phenoxy) is 2. The summed E-state index contributed by atoms with van der Waals surface area (Å²) in [6, 6.07) is 3.44. The number of nitrogen functional groups attached to an aromatic ring is 1. The van der Waals surface area contributed by atoms with Gasteiger partial charge in [-0.2, -0.15) is 0 Å². The van der Waals surface area contributed by atoms with Gasteiger partial charge in [0.2, 0.25) is 0 Å². The number of likely N-dealkylation sites (N-methyl/N-ethyl adjacent to an activating group) is 1. The molecule has 0 spiro atoms. The van der Waals surface area contributed by atoms with Crippen LogP contribution in [-0.2, 0) is 0 Å². The van der Waals surface area contributed by atoms with Crippen LogP contribution in [0.25, 0.3) is 0 Å². The lowest BCUT2D eigenvalue weighted by atomic mass is 10.2. The summed E-state index contributed by atoms with van der Waals surface area (Å²) in [5.41, 5.74) is 7.52. The lowest BCUT2D eigenvalue weighted by molar-refractivity contribution is 0.270. The first-order valence-corrected chi connectivity index (χ1v) is 9.21. The molecule has 0 saturated carbocycles. The van der Waals surface area contributed by atoms with Crippen LogP contribution in [0.4, 0.5) is 23.0 Å². The third kappa shape index (κ3) is 4.12. The number of anilines is 4. The number of nitrogens with one attached hydrogen (secondary N) is 1. The van der Waals surface area contributed by atoms with Crippen molar-refractivity contribution >= 4 is 34.6 Å². The van der Waals surface area contributed by atoms with Crippen LogP contribution in [-0.4, -0.2) is 61.8 Å². The van der Waals surface area contributed by atoms with E-state index < -0.39 is 0 Å². The quantitative estimate of drug-likeness (QED) is 0.775. The van der Waals surface area contributed by atoms with Crippen LogP contribution >= 0.6 is 11.6 Å². The van der Waals surface area contributed by atoms with Gasteiger partial charge in [-0.15, -0.1) is 0 Å². The number of aromatic nitrogens is 2. The van der Waals surface area contributed by atoms with Gasteiger partial charge in [0, 0.05) is 32.2 Å². The van der Waals surface area contributed by atoms with Crippen molar-refractivity contribution in [1.29, 1.82) is 0 Å². The Kier molecular flexibility index (Phi) is 6.08. The van der Waals surface area contributed by atoms with Gasteiger partial charge in [-0.3, -0.25) is 0 Å². The fourth-order valence-electron chi connectivity index (χ4n) is 3.10. The molecule has 146 valence electrons. The average molecular weight is 393 g/mol. The van der Waals surface area contributed by atoms with Gasteiger partial charge in [-0.25, -0.2) is 9.97 Å². The van der Waals surface area contributed by atoms with Crippen molar-refractivity contribution in [1.82, 2.24) is 14.9 Å². The van der Waals surface area contributed by atoms with Crippen LogP contribution in [0, 0.1) is 0 Å². The van der Waals surface area contributed by atoms with E-state index in [1.54, 1.807) is 26.4 Å². The molecule has 1 aromatic heterocycles. The second-order valence-electron chi connectivity index (χ2n) is 6.19. The number of hydrogen-bond acceptors (Lipinski definition) is 8. The van der Waals surface area contributed by atoms with Crippen LogP contribution in [0.15, 0.2) is 18.5 Å². The molecule has 0 aliphatic carbocycles. The van der Waals surface area contributed by atoms with Crippen molar-refractivity contribution in [3.63, 3.8) is 0 Å². The largest absolute Gasteiger partial charge is 0.495 e. The molecule has 2 aromatic rings. The minimum atomic E-state index is 0.462. The van der Waals surface area contributed by atoms with Gasteiger partial charge >= 0.3 is 0 Å². The van der Waals surface area contributed by atoms with E-state index in [-0.39, 0.29) is 0 Å². The van der Waals surface area contributed by atoms with Gasteiger partial charge in [-0.05, 0) is 12.6 Å². The van der Waals surface area contributed by atoms with Crippen LogP contribution < -0.4 is 25.4 Å². The summed E-state index contributed by atoms with van der Waals surface area (Å²) >= 11 is 6.25. The molecule has 0 amide bonds. The molecule has 1 aromatic carbocycles. The molecule has 1 fully saturated rings. The summed E-state index contributed by atoms with van der Waals surface area (Å²) in [7, 11) is 3.14. The predicted octanol–water partition coefficient (Wildman–Crippen LogP) is 2.61. The van der Waals surface area contributed by atoms with E-state index in [0.717, 1.165) is 38.5 Å². The van der Waals surface area contributed by atoms with Gasteiger partial charge in [0.15, 0.2) is 11.6 Å². The molecule has 3 N–H and O–H groups in total. The van der Waals surface area contributed by atoms with E-state index in [1.807, 2.05) is 0 Å². The molecule has 1 saturated heterocycles. The molecule has 0 unspecified atom stereocenters. The smallest absolute Gasteiger partial charge is 0.159 e. The SMILES string of the molecule is CCN1CCN(c2ncnc(Nc3cc(Cl)c(OC)cc3OC)c2N)CC1. The van der Waals surface area contributed by atoms with Crippen molar-refractivity contribution in [2.75, 3.05) is 62.9 Å². The lowest BCUT2D eigenvalue weighted by Gasteiger charge is -2.35. The number of methoxy groups -OCH3 is 2. The van der Waals surface area contributed by atoms with E-state index in [1.165, 1.54) is 6.33 Å². The molecule has 27 heavy (non-hydrogen) atoms. The minimum absolute atomic E-state index is 0.462. The predicted molar refractivity (Wildman–Crippen MR) is 109 cm³/mol. The van der Waals surface area contributed by atoms with E-state index in [2.05, 4.69) is 32.0 Å².